The fraction of sp³-hybridized carbons (Fsp3) is 0.933. The fourth-order valence-electron chi connectivity index (χ4n) is 3.21. The number of carbonyl (C=O) groups is 1. The third-order valence-corrected chi connectivity index (χ3v) is 4.78. The van der Waals surface area contributed by atoms with E-state index in [2.05, 4.69) is 24.1 Å². The van der Waals surface area contributed by atoms with Gasteiger partial charge in [-0.3, -0.25) is 9.69 Å². The smallest absolute Gasteiger partial charge is 0.223 e. The Morgan fingerprint density at radius 3 is 2.95 bits per heavy atom. The minimum Gasteiger partial charge on any atom is -0.374 e. The summed E-state index contributed by atoms with van der Waals surface area (Å²) in [5.74, 6) is 0.762. The molecule has 0 aromatic heterocycles. The van der Waals surface area contributed by atoms with Gasteiger partial charge in [0, 0.05) is 31.6 Å². The number of nitrogens with two attached hydrogens (primary N) is 1. The van der Waals surface area contributed by atoms with Crippen molar-refractivity contribution in [3.05, 3.63) is 0 Å². The molecule has 0 spiro atoms. The lowest BCUT2D eigenvalue weighted by molar-refractivity contribution is -0.127. The maximum Gasteiger partial charge on any atom is 0.223 e. The van der Waals surface area contributed by atoms with Gasteiger partial charge in [0.15, 0.2) is 0 Å². The summed E-state index contributed by atoms with van der Waals surface area (Å²) in [6.07, 6.45) is 2.93. The molecule has 2 rings (SSSR count). The second kappa shape index (κ2) is 7.38. The Kier molecular flexibility index (Phi) is 5.81. The molecule has 1 aliphatic carbocycles. The molecule has 5 nitrogen and oxygen atoms in total. The molecule has 4 unspecified atom stereocenters. The maximum absolute atomic E-state index is 12.2. The molecule has 1 heterocycles. The quantitative estimate of drug-likeness (QED) is 0.792. The van der Waals surface area contributed by atoms with Crippen LogP contribution in [0.15, 0.2) is 0 Å². The van der Waals surface area contributed by atoms with Gasteiger partial charge in [-0.1, -0.05) is 13.8 Å². The zero-order valence-electron chi connectivity index (χ0n) is 12.8. The molecule has 0 radical (unpaired) electrons. The van der Waals surface area contributed by atoms with Crippen LogP contribution in [0.25, 0.3) is 0 Å². The van der Waals surface area contributed by atoms with Gasteiger partial charge in [0.1, 0.15) is 0 Å². The van der Waals surface area contributed by atoms with Crippen LogP contribution in [0.2, 0.25) is 0 Å². The predicted octanol–water partition coefficient (Wildman–Crippen LogP) is 0.587. The highest BCUT2D eigenvalue weighted by molar-refractivity contribution is 5.78. The van der Waals surface area contributed by atoms with Crippen molar-refractivity contribution in [1.29, 1.82) is 0 Å². The van der Waals surface area contributed by atoms with E-state index in [-0.39, 0.29) is 24.0 Å². The summed E-state index contributed by atoms with van der Waals surface area (Å²) in [6, 6.07) is 0.263. The van der Waals surface area contributed by atoms with Crippen LogP contribution in [-0.2, 0) is 9.53 Å². The Morgan fingerprint density at radius 2 is 2.25 bits per heavy atom. The van der Waals surface area contributed by atoms with E-state index in [9.17, 15) is 4.79 Å². The number of hydrogen-bond donors (Lipinski definition) is 2. The van der Waals surface area contributed by atoms with Gasteiger partial charge in [-0.25, -0.2) is 0 Å². The number of morpholine rings is 1. The summed E-state index contributed by atoms with van der Waals surface area (Å²) in [7, 11) is 0. The first-order valence-corrected chi connectivity index (χ1v) is 7.97. The first-order chi connectivity index (χ1) is 9.60. The largest absolute Gasteiger partial charge is 0.374 e. The molecule has 1 saturated carbocycles. The van der Waals surface area contributed by atoms with Crippen molar-refractivity contribution in [1.82, 2.24) is 10.2 Å². The van der Waals surface area contributed by atoms with E-state index in [0.717, 1.165) is 45.5 Å². The van der Waals surface area contributed by atoms with Gasteiger partial charge in [0.25, 0.3) is 0 Å². The first kappa shape index (κ1) is 15.7. The molecule has 116 valence electrons. The van der Waals surface area contributed by atoms with Gasteiger partial charge in [-0.05, 0) is 31.7 Å². The molecule has 4 atom stereocenters. The number of rotatable bonds is 4. The number of carbonyl (C=O) groups excluding carboxylic acids is 1. The summed E-state index contributed by atoms with van der Waals surface area (Å²) in [5.41, 5.74) is 6.00. The van der Waals surface area contributed by atoms with Gasteiger partial charge in [-0.15, -0.1) is 0 Å². The first-order valence-electron chi connectivity index (χ1n) is 7.97. The Bertz CT molecular complexity index is 324. The molecule has 0 aromatic carbocycles. The van der Waals surface area contributed by atoms with Crippen LogP contribution in [0.4, 0.5) is 0 Å². The summed E-state index contributed by atoms with van der Waals surface area (Å²) in [4.78, 5) is 14.6. The second-order valence-electron chi connectivity index (χ2n) is 6.28. The van der Waals surface area contributed by atoms with E-state index < -0.39 is 0 Å². The van der Waals surface area contributed by atoms with Crippen molar-refractivity contribution < 1.29 is 9.53 Å². The third-order valence-electron chi connectivity index (χ3n) is 4.78. The minimum absolute atomic E-state index is 0.135. The average molecular weight is 283 g/mol. The Labute approximate surface area is 122 Å². The number of ether oxygens (including phenoxy) is 1. The van der Waals surface area contributed by atoms with Crippen LogP contribution in [0.5, 0.6) is 0 Å². The summed E-state index contributed by atoms with van der Waals surface area (Å²) in [6.45, 7) is 8.67. The van der Waals surface area contributed by atoms with E-state index in [1.807, 2.05) is 0 Å². The van der Waals surface area contributed by atoms with Crippen molar-refractivity contribution in [3.63, 3.8) is 0 Å². The van der Waals surface area contributed by atoms with Crippen molar-refractivity contribution >= 4 is 5.91 Å². The predicted molar refractivity (Wildman–Crippen MR) is 79.3 cm³/mol. The molecule has 1 saturated heterocycles. The van der Waals surface area contributed by atoms with Crippen LogP contribution in [0, 0.1) is 11.8 Å². The van der Waals surface area contributed by atoms with Crippen molar-refractivity contribution in [2.75, 3.05) is 32.8 Å². The molecule has 2 aliphatic rings. The SMILES string of the molecule is CCN1CCOC(CNC(=O)C2CCC(N)C(C)C2)C1. The van der Waals surface area contributed by atoms with E-state index in [1.54, 1.807) is 0 Å². The Balaban J connectivity index is 1.72. The molecular formula is C15H29N3O2. The lowest BCUT2D eigenvalue weighted by atomic mass is 9.79. The number of likely N-dealkylation sites (N-methyl/N-ethyl adjacent to an activating group) is 1. The van der Waals surface area contributed by atoms with Crippen molar-refractivity contribution in [3.8, 4) is 0 Å². The monoisotopic (exact) mass is 283 g/mol. The number of hydrogen-bond acceptors (Lipinski definition) is 4. The number of nitrogens with zero attached hydrogens (tertiary/aromatic N) is 1. The highest BCUT2D eigenvalue weighted by Gasteiger charge is 2.30. The molecule has 0 aromatic rings. The molecule has 1 amide bonds. The lowest BCUT2D eigenvalue weighted by Crippen LogP contribution is -2.48. The van der Waals surface area contributed by atoms with Gasteiger partial charge < -0.3 is 15.8 Å². The van der Waals surface area contributed by atoms with E-state index in [0.29, 0.717) is 12.5 Å². The summed E-state index contributed by atoms with van der Waals surface area (Å²) >= 11 is 0. The van der Waals surface area contributed by atoms with Crippen molar-refractivity contribution in [2.24, 2.45) is 17.6 Å². The normalized spacial score (nSPS) is 35.8. The molecule has 20 heavy (non-hydrogen) atoms. The van der Waals surface area contributed by atoms with E-state index in [4.69, 9.17) is 10.5 Å². The number of amides is 1. The fourth-order valence-corrected chi connectivity index (χ4v) is 3.21. The molecule has 5 heteroatoms. The van der Waals surface area contributed by atoms with Crippen LogP contribution >= 0.6 is 0 Å². The number of nitrogens with one attached hydrogen (secondary N) is 1. The highest BCUT2D eigenvalue weighted by Crippen LogP contribution is 2.28. The van der Waals surface area contributed by atoms with Crippen LogP contribution in [-0.4, -0.2) is 55.7 Å². The van der Waals surface area contributed by atoms with Crippen LogP contribution < -0.4 is 11.1 Å². The summed E-state index contributed by atoms with van der Waals surface area (Å²) < 4.78 is 5.71. The Hall–Kier alpha value is -0.650. The minimum atomic E-state index is 0.135. The highest BCUT2D eigenvalue weighted by atomic mass is 16.5. The molecule has 1 aliphatic heterocycles. The van der Waals surface area contributed by atoms with Crippen LogP contribution in [0.3, 0.4) is 0 Å². The van der Waals surface area contributed by atoms with E-state index >= 15 is 0 Å². The zero-order valence-corrected chi connectivity index (χ0v) is 12.8. The lowest BCUT2D eigenvalue weighted by Gasteiger charge is -2.33. The average Bonchev–Trinajstić information content (AvgIpc) is 2.47. The molecule has 2 fully saturated rings. The van der Waals surface area contributed by atoms with Gasteiger partial charge >= 0.3 is 0 Å². The standard InChI is InChI=1S/C15H29N3O2/c1-3-18-6-7-20-13(10-18)9-17-15(19)12-4-5-14(16)11(2)8-12/h11-14H,3-10,16H2,1-2H3,(H,17,19). The third kappa shape index (κ3) is 4.17. The topological polar surface area (TPSA) is 67.6 Å². The second-order valence-corrected chi connectivity index (χ2v) is 6.28. The van der Waals surface area contributed by atoms with Crippen LogP contribution in [0.1, 0.15) is 33.1 Å². The molecule has 3 N–H and O–H groups in total. The van der Waals surface area contributed by atoms with Gasteiger partial charge in [-0.2, -0.15) is 0 Å². The van der Waals surface area contributed by atoms with E-state index in [1.165, 1.54) is 0 Å². The molecule has 0 bridgehead atoms. The maximum atomic E-state index is 12.2. The summed E-state index contributed by atoms with van der Waals surface area (Å²) in [5, 5.41) is 3.07. The zero-order chi connectivity index (χ0) is 14.5. The van der Waals surface area contributed by atoms with Crippen molar-refractivity contribution in [2.45, 2.75) is 45.3 Å². The van der Waals surface area contributed by atoms with Gasteiger partial charge in [0.05, 0.1) is 12.7 Å². The molecular weight excluding hydrogens is 254 g/mol. The van der Waals surface area contributed by atoms with Gasteiger partial charge in [0.2, 0.25) is 5.91 Å². The Morgan fingerprint density at radius 1 is 1.45 bits per heavy atom.